The van der Waals surface area contributed by atoms with Crippen LogP contribution in [0.5, 0.6) is 5.75 Å². The molecule has 0 unspecified atom stereocenters. The van der Waals surface area contributed by atoms with Crippen molar-refractivity contribution in [3.63, 3.8) is 0 Å². The number of amides is 1. The predicted octanol–water partition coefficient (Wildman–Crippen LogP) is 4.27. The Hall–Kier alpha value is -1.92. The lowest BCUT2D eigenvalue weighted by atomic mass is 9.99. The Balaban J connectivity index is 1.63. The van der Waals surface area contributed by atoms with Crippen LogP contribution in [-0.2, 0) is 10.2 Å². The summed E-state index contributed by atoms with van der Waals surface area (Å²) >= 11 is 3.69. The van der Waals surface area contributed by atoms with Crippen molar-refractivity contribution in [1.29, 1.82) is 0 Å². The number of aromatic nitrogens is 1. The van der Waals surface area contributed by atoms with Crippen LogP contribution in [0.4, 0.5) is 0 Å². The van der Waals surface area contributed by atoms with E-state index in [0.717, 1.165) is 53.8 Å². The van der Waals surface area contributed by atoms with E-state index in [1.54, 1.807) is 7.11 Å². The first-order valence-electron chi connectivity index (χ1n) is 9.83. The van der Waals surface area contributed by atoms with Crippen LogP contribution in [-0.4, -0.2) is 29.4 Å². The maximum atomic E-state index is 12.0. The Morgan fingerprint density at radius 3 is 2.61 bits per heavy atom. The molecule has 0 spiro atoms. The van der Waals surface area contributed by atoms with Crippen molar-refractivity contribution in [3.05, 3.63) is 57.8 Å². The number of hydrogen-bond donors (Lipinski definition) is 1. The number of carbonyl (C=O) groups is 1. The molecule has 1 saturated heterocycles. The van der Waals surface area contributed by atoms with E-state index in [0.29, 0.717) is 0 Å². The molecule has 2 atom stereocenters. The lowest BCUT2D eigenvalue weighted by Crippen LogP contribution is -2.31. The van der Waals surface area contributed by atoms with Crippen molar-refractivity contribution in [2.45, 2.75) is 50.1 Å². The summed E-state index contributed by atoms with van der Waals surface area (Å²) in [5.41, 5.74) is 8.21. The standard InChI is InChI=1S/C22H26BrN3O2/c1-14(15-5-7-16(28-2)8-6-15)26-13-3-4-18(26)20-17(23)9-10-19(25-20)22(11-12-22)21(24)27/h5-10,14,18H,3-4,11-13H2,1-2H3,(H2,24,27)/t14-,18+/m1/s1. The van der Waals surface area contributed by atoms with E-state index in [9.17, 15) is 4.79 Å². The van der Waals surface area contributed by atoms with E-state index in [2.05, 4.69) is 39.9 Å². The van der Waals surface area contributed by atoms with Gasteiger partial charge in [-0.05, 0) is 84.9 Å². The molecule has 5 nitrogen and oxygen atoms in total. The molecular formula is C22H26BrN3O2. The molecule has 1 aliphatic heterocycles. The van der Waals surface area contributed by atoms with E-state index in [4.69, 9.17) is 15.5 Å². The van der Waals surface area contributed by atoms with Crippen molar-refractivity contribution in [3.8, 4) is 5.75 Å². The molecular weight excluding hydrogens is 418 g/mol. The van der Waals surface area contributed by atoms with Gasteiger partial charge in [0.1, 0.15) is 5.75 Å². The summed E-state index contributed by atoms with van der Waals surface area (Å²) in [5.74, 6) is 0.607. The number of rotatable bonds is 6. The molecule has 0 bridgehead atoms. The van der Waals surface area contributed by atoms with Crippen LogP contribution >= 0.6 is 15.9 Å². The van der Waals surface area contributed by atoms with Crippen LogP contribution in [0.25, 0.3) is 0 Å². The molecule has 1 aromatic carbocycles. The lowest BCUT2D eigenvalue weighted by Gasteiger charge is -2.31. The van der Waals surface area contributed by atoms with E-state index in [-0.39, 0.29) is 18.0 Å². The lowest BCUT2D eigenvalue weighted by molar-refractivity contribution is -0.120. The summed E-state index contributed by atoms with van der Waals surface area (Å²) < 4.78 is 6.28. The molecule has 148 valence electrons. The summed E-state index contributed by atoms with van der Waals surface area (Å²) in [6, 6.07) is 12.7. The first-order chi connectivity index (χ1) is 13.5. The Morgan fingerprint density at radius 1 is 1.29 bits per heavy atom. The van der Waals surface area contributed by atoms with Crippen LogP contribution in [0.3, 0.4) is 0 Å². The maximum absolute atomic E-state index is 12.0. The van der Waals surface area contributed by atoms with Gasteiger partial charge in [-0.15, -0.1) is 0 Å². The van der Waals surface area contributed by atoms with Gasteiger partial charge in [0, 0.05) is 10.5 Å². The fourth-order valence-electron chi connectivity index (χ4n) is 4.33. The van der Waals surface area contributed by atoms with Crippen molar-refractivity contribution >= 4 is 21.8 Å². The SMILES string of the molecule is COc1ccc([C@@H](C)N2CCC[C@H]2c2nc(C3(C(N)=O)CC3)ccc2Br)cc1. The molecule has 1 amide bonds. The minimum atomic E-state index is -0.555. The molecule has 2 aromatic rings. The summed E-state index contributed by atoms with van der Waals surface area (Å²) in [4.78, 5) is 19.4. The van der Waals surface area contributed by atoms with Crippen LogP contribution in [0.2, 0.25) is 0 Å². The molecule has 1 saturated carbocycles. The summed E-state index contributed by atoms with van der Waals surface area (Å²) in [6.45, 7) is 3.26. The smallest absolute Gasteiger partial charge is 0.229 e. The van der Waals surface area contributed by atoms with E-state index >= 15 is 0 Å². The van der Waals surface area contributed by atoms with E-state index in [1.165, 1.54) is 5.56 Å². The van der Waals surface area contributed by atoms with Gasteiger partial charge in [-0.3, -0.25) is 14.7 Å². The van der Waals surface area contributed by atoms with Crippen LogP contribution < -0.4 is 10.5 Å². The second-order valence-corrected chi connectivity index (χ2v) is 8.71. The first kappa shape index (κ1) is 19.4. The highest BCUT2D eigenvalue weighted by Crippen LogP contribution is 2.48. The molecule has 28 heavy (non-hydrogen) atoms. The van der Waals surface area contributed by atoms with Crippen LogP contribution in [0.1, 0.15) is 61.6 Å². The molecule has 0 radical (unpaired) electrons. The number of nitrogens with zero attached hydrogens (tertiary/aromatic N) is 2. The number of primary amides is 1. The second-order valence-electron chi connectivity index (χ2n) is 7.85. The average molecular weight is 444 g/mol. The number of halogens is 1. The molecule has 2 heterocycles. The van der Waals surface area contributed by atoms with Gasteiger partial charge in [0.05, 0.1) is 30.0 Å². The van der Waals surface area contributed by atoms with Gasteiger partial charge < -0.3 is 10.5 Å². The van der Waals surface area contributed by atoms with Crippen molar-refractivity contribution in [1.82, 2.24) is 9.88 Å². The number of ether oxygens (including phenoxy) is 1. The minimum absolute atomic E-state index is 0.218. The average Bonchev–Trinajstić information content (AvgIpc) is 3.39. The quantitative estimate of drug-likeness (QED) is 0.723. The highest BCUT2D eigenvalue weighted by atomic mass is 79.9. The first-order valence-corrected chi connectivity index (χ1v) is 10.6. The highest BCUT2D eigenvalue weighted by molar-refractivity contribution is 9.10. The van der Waals surface area contributed by atoms with Gasteiger partial charge in [-0.1, -0.05) is 12.1 Å². The number of benzene rings is 1. The topological polar surface area (TPSA) is 68.4 Å². The van der Waals surface area contributed by atoms with Gasteiger partial charge in [-0.2, -0.15) is 0 Å². The molecule has 2 fully saturated rings. The Kier molecular flexibility index (Phi) is 5.19. The zero-order chi connectivity index (χ0) is 19.9. The fraction of sp³-hybridized carbons (Fsp3) is 0.455. The van der Waals surface area contributed by atoms with Gasteiger partial charge >= 0.3 is 0 Å². The highest BCUT2D eigenvalue weighted by Gasteiger charge is 2.51. The number of likely N-dealkylation sites (tertiary alicyclic amines) is 1. The van der Waals surface area contributed by atoms with Crippen molar-refractivity contribution in [2.24, 2.45) is 5.73 Å². The van der Waals surface area contributed by atoms with Gasteiger partial charge in [0.25, 0.3) is 0 Å². The third kappa shape index (κ3) is 3.33. The molecule has 6 heteroatoms. The predicted molar refractivity (Wildman–Crippen MR) is 112 cm³/mol. The Labute approximate surface area is 174 Å². The zero-order valence-electron chi connectivity index (χ0n) is 16.3. The van der Waals surface area contributed by atoms with Gasteiger partial charge in [0.2, 0.25) is 5.91 Å². The van der Waals surface area contributed by atoms with Crippen molar-refractivity contribution < 1.29 is 9.53 Å². The molecule has 2 N–H and O–H groups in total. The molecule has 1 aromatic heterocycles. The zero-order valence-corrected chi connectivity index (χ0v) is 17.9. The molecule has 2 aliphatic rings. The van der Waals surface area contributed by atoms with Crippen LogP contribution in [0, 0.1) is 0 Å². The Morgan fingerprint density at radius 2 is 2.00 bits per heavy atom. The minimum Gasteiger partial charge on any atom is -0.497 e. The van der Waals surface area contributed by atoms with Gasteiger partial charge in [0.15, 0.2) is 0 Å². The number of carbonyl (C=O) groups excluding carboxylic acids is 1. The van der Waals surface area contributed by atoms with Gasteiger partial charge in [-0.25, -0.2) is 0 Å². The second kappa shape index (κ2) is 7.48. The normalized spacial score (nSPS) is 22.0. The van der Waals surface area contributed by atoms with Crippen molar-refractivity contribution in [2.75, 3.05) is 13.7 Å². The monoisotopic (exact) mass is 443 g/mol. The maximum Gasteiger partial charge on any atom is 0.229 e. The van der Waals surface area contributed by atoms with E-state index in [1.807, 2.05) is 24.3 Å². The number of pyridine rings is 1. The third-order valence-corrected chi connectivity index (χ3v) is 6.96. The largest absolute Gasteiger partial charge is 0.497 e. The molecule has 1 aliphatic carbocycles. The summed E-state index contributed by atoms with van der Waals surface area (Å²) in [5, 5.41) is 0. The number of methoxy groups -OCH3 is 1. The summed E-state index contributed by atoms with van der Waals surface area (Å²) in [6.07, 6.45) is 3.78. The Bertz CT molecular complexity index is 880. The van der Waals surface area contributed by atoms with E-state index < -0.39 is 5.41 Å². The summed E-state index contributed by atoms with van der Waals surface area (Å²) in [7, 11) is 1.68. The number of nitrogens with two attached hydrogens (primary N) is 1. The van der Waals surface area contributed by atoms with Crippen LogP contribution in [0.15, 0.2) is 40.9 Å². The number of hydrogen-bond acceptors (Lipinski definition) is 4. The third-order valence-electron chi connectivity index (χ3n) is 6.29. The molecule has 4 rings (SSSR count). The fourth-order valence-corrected chi connectivity index (χ4v) is 4.82.